The highest BCUT2D eigenvalue weighted by atomic mass is 16.5. The van der Waals surface area contributed by atoms with E-state index in [0.717, 1.165) is 0 Å². The van der Waals surface area contributed by atoms with Gasteiger partial charge in [-0.05, 0) is 31.2 Å². The maximum absolute atomic E-state index is 12.0. The number of ether oxygens (including phenoxy) is 1. The van der Waals surface area contributed by atoms with Gasteiger partial charge in [0.1, 0.15) is 0 Å². The first-order valence-corrected chi connectivity index (χ1v) is 6.82. The summed E-state index contributed by atoms with van der Waals surface area (Å²) >= 11 is 0. The lowest BCUT2D eigenvalue weighted by molar-refractivity contribution is -0.114. The van der Waals surface area contributed by atoms with Gasteiger partial charge < -0.3 is 10.1 Å². The lowest BCUT2D eigenvalue weighted by Gasteiger charge is -2.05. The molecule has 1 aromatic carbocycles. The molecule has 0 unspecified atom stereocenters. The molecule has 0 saturated heterocycles. The topological polar surface area (TPSA) is 98.2 Å². The second-order valence-electron chi connectivity index (χ2n) is 4.80. The van der Waals surface area contributed by atoms with Crippen LogP contribution < -0.4 is 5.32 Å². The Morgan fingerprint density at radius 1 is 1.09 bits per heavy atom. The zero-order valence-electron chi connectivity index (χ0n) is 12.7. The van der Waals surface area contributed by atoms with Crippen LogP contribution in [-0.4, -0.2) is 34.2 Å². The molecule has 0 bridgehead atoms. The van der Waals surface area contributed by atoms with Gasteiger partial charge in [0.15, 0.2) is 18.1 Å². The Labute approximate surface area is 132 Å². The molecule has 0 atom stereocenters. The summed E-state index contributed by atoms with van der Waals surface area (Å²) in [5.74, 6) is -1.26. The van der Waals surface area contributed by atoms with Crippen LogP contribution in [0.2, 0.25) is 0 Å². The van der Waals surface area contributed by atoms with E-state index in [2.05, 4.69) is 15.3 Å². The zero-order chi connectivity index (χ0) is 16.8. The molecule has 0 fully saturated rings. The van der Waals surface area contributed by atoms with Crippen molar-refractivity contribution in [2.45, 2.75) is 13.8 Å². The fourth-order valence-electron chi connectivity index (χ4n) is 1.73. The van der Waals surface area contributed by atoms with Crippen molar-refractivity contribution in [1.29, 1.82) is 0 Å². The Bertz CT molecular complexity index is 724. The Hall–Kier alpha value is -3.09. The average molecular weight is 313 g/mol. The van der Waals surface area contributed by atoms with Crippen molar-refractivity contribution >= 4 is 23.3 Å². The Morgan fingerprint density at radius 3 is 2.35 bits per heavy atom. The predicted octanol–water partition coefficient (Wildman–Crippen LogP) is 1.78. The largest absolute Gasteiger partial charge is 0.453 e. The number of aromatic nitrogens is 2. The molecule has 1 amide bonds. The van der Waals surface area contributed by atoms with Crippen LogP contribution in [0.3, 0.4) is 0 Å². The monoisotopic (exact) mass is 313 g/mol. The maximum Gasteiger partial charge on any atom is 0.358 e. The number of hydrogen-bond acceptors (Lipinski definition) is 6. The fraction of sp³-hybridized carbons (Fsp3) is 0.188. The van der Waals surface area contributed by atoms with Crippen molar-refractivity contribution in [1.82, 2.24) is 9.97 Å². The van der Waals surface area contributed by atoms with Crippen LogP contribution in [0, 0.1) is 6.92 Å². The molecule has 118 valence electrons. The first-order valence-electron chi connectivity index (χ1n) is 6.82. The summed E-state index contributed by atoms with van der Waals surface area (Å²) in [7, 11) is 0. The van der Waals surface area contributed by atoms with E-state index in [-0.39, 0.29) is 17.4 Å². The first-order chi connectivity index (χ1) is 11.0. The van der Waals surface area contributed by atoms with Crippen molar-refractivity contribution in [2.75, 3.05) is 11.9 Å². The van der Waals surface area contributed by atoms with Gasteiger partial charge in [0.05, 0.1) is 11.9 Å². The first kappa shape index (κ1) is 16.3. The molecular formula is C16H15N3O4. The van der Waals surface area contributed by atoms with Gasteiger partial charge in [-0.25, -0.2) is 9.78 Å². The van der Waals surface area contributed by atoms with Crippen LogP contribution in [0.15, 0.2) is 36.7 Å². The number of carbonyl (C=O) groups is 3. The number of Topliss-reactive ketones (excluding diaryl/α,β-unsaturated/α-hetero) is 1. The molecule has 1 aromatic heterocycles. The van der Waals surface area contributed by atoms with Crippen LogP contribution in [0.5, 0.6) is 0 Å². The van der Waals surface area contributed by atoms with Crippen LogP contribution in [0.1, 0.15) is 33.5 Å². The highest BCUT2D eigenvalue weighted by Crippen LogP contribution is 2.10. The van der Waals surface area contributed by atoms with Gasteiger partial charge >= 0.3 is 5.97 Å². The number of rotatable bonds is 5. The van der Waals surface area contributed by atoms with Gasteiger partial charge in [-0.15, -0.1) is 0 Å². The van der Waals surface area contributed by atoms with Crippen molar-refractivity contribution in [3.05, 3.63) is 53.6 Å². The van der Waals surface area contributed by atoms with Crippen LogP contribution in [0.4, 0.5) is 5.69 Å². The lowest BCUT2D eigenvalue weighted by Crippen LogP contribution is -2.15. The number of anilines is 1. The van der Waals surface area contributed by atoms with Crippen LogP contribution in [0.25, 0.3) is 0 Å². The standard InChI is InChI=1S/C16H15N3O4/c1-10-7-18-14(8-17-10)16(22)23-9-15(21)12-3-5-13(6-4-12)19-11(2)20/h3-8H,9H2,1-2H3,(H,19,20). The summed E-state index contributed by atoms with van der Waals surface area (Å²) in [5.41, 5.74) is 1.68. The lowest BCUT2D eigenvalue weighted by atomic mass is 10.1. The van der Waals surface area contributed by atoms with E-state index in [1.54, 1.807) is 31.2 Å². The highest BCUT2D eigenvalue weighted by molar-refractivity contribution is 5.99. The van der Waals surface area contributed by atoms with E-state index in [1.165, 1.54) is 19.3 Å². The number of aryl methyl sites for hydroxylation is 1. The summed E-state index contributed by atoms with van der Waals surface area (Å²) in [6.07, 6.45) is 2.74. The summed E-state index contributed by atoms with van der Waals surface area (Å²) in [4.78, 5) is 42.4. The summed E-state index contributed by atoms with van der Waals surface area (Å²) < 4.78 is 4.92. The second-order valence-corrected chi connectivity index (χ2v) is 4.80. The van der Waals surface area contributed by atoms with Crippen molar-refractivity contribution in [3.8, 4) is 0 Å². The number of hydrogen-bond donors (Lipinski definition) is 1. The SMILES string of the molecule is CC(=O)Nc1ccc(C(=O)COC(=O)c2cnc(C)cn2)cc1. The molecular weight excluding hydrogens is 298 g/mol. The number of ketones is 1. The summed E-state index contributed by atoms with van der Waals surface area (Å²) in [6.45, 7) is 2.75. The normalized spacial score (nSPS) is 10.0. The van der Waals surface area contributed by atoms with E-state index < -0.39 is 12.6 Å². The van der Waals surface area contributed by atoms with E-state index in [9.17, 15) is 14.4 Å². The molecule has 0 radical (unpaired) electrons. The van der Waals surface area contributed by atoms with Gasteiger partial charge in [-0.1, -0.05) is 0 Å². The van der Waals surface area contributed by atoms with Gasteiger partial charge in [0.2, 0.25) is 5.91 Å². The van der Waals surface area contributed by atoms with Crippen molar-refractivity contribution in [2.24, 2.45) is 0 Å². The maximum atomic E-state index is 12.0. The molecule has 0 aliphatic carbocycles. The minimum atomic E-state index is -0.708. The molecule has 0 spiro atoms. The summed E-state index contributed by atoms with van der Waals surface area (Å²) in [6, 6.07) is 6.30. The quantitative estimate of drug-likeness (QED) is 0.667. The molecule has 0 aliphatic heterocycles. The third-order valence-electron chi connectivity index (χ3n) is 2.85. The number of amides is 1. The molecule has 2 aromatic rings. The molecule has 1 heterocycles. The van der Waals surface area contributed by atoms with Gasteiger partial charge in [-0.2, -0.15) is 0 Å². The number of carbonyl (C=O) groups excluding carboxylic acids is 3. The molecule has 7 nitrogen and oxygen atoms in total. The third-order valence-corrected chi connectivity index (χ3v) is 2.85. The average Bonchev–Trinajstić information content (AvgIpc) is 2.53. The third kappa shape index (κ3) is 4.70. The Kier molecular flexibility index (Phi) is 5.14. The second kappa shape index (κ2) is 7.26. The summed E-state index contributed by atoms with van der Waals surface area (Å²) in [5, 5.41) is 2.60. The minimum absolute atomic E-state index is 0.0457. The van der Waals surface area contributed by atoms with Gasteiger partial charge in [0, 0.05) is 24.4 Å². The Balaban J connectivity index is 1.92. The molecule has 1 N–H and O–H groups in total. The van der Waals surface area contributed by atoms with E-state index in [1.807, 2.05) is 0 Å². The van der Waals surface area contributed by atoms with Gasteiger partial charge in [0.25, 0.3) is 0 Å². The molecule has 23 heavy (non-hydrogen) atoms. The van der Waals surface area contributed by atoms with Crippen LogP contribution >= 0.6 is 0 Å². The molecule has 7 heteroatoms. The fourth-order valence-corrected chi connectivity index (χ4v) is 1.73. The number of esters is 1. The molecule has 0 aliphatic rings. The van der Waals surface area contributed by atoms with Crippen molar-refractivity contribution < 1.29 is 19.1 Å². The van der Waals surface area contributed by atoms with Crippen LogP contribution in [-0.2, 0) is 9.53 Å². The molecule has 0 saturated carbocycles. The van der Waals surface area contributed by atoms with Gasteiger partial charge in [-0.3, -0.25) is 14.6 Å². The zero-order valence-corrected chi connectivity index (χ0v) is 12.7. The van der Waals surface area contributed by atoms with E-state index in [4.69, 9.17) is 4.74 Å². The minimum Gasteiger partial charge on any atom is -0.453 e. The Morgan fingerprint density at radius 2 is 1.78 bits per heavy atom. The highest BCUT2D eigenvalue weighted by Gasteiger charge is 2.13. The van der Waals surface area contributed by atoms with E-state index in [0.29, 0.717) is 16.9 Å². The molecule has 2 rings (SSSR count). The van der Waals surface area contributed by atoms with Crippen molar-refractivity contribution in [3.63, 3.8) is 0 Å². The number of nitrogens with zero attached hydrogens (tertiary/aromatic N) is 2. The van der Waals surface area contributed by atoms with E-state index >= 15 is 0 Å². The smallest absolute Gasteiger partial charge is 0.358 e. The predicted molar refractivity (Wildman–Crippen MR) is 82.1 cm³/mol. The number of nitrogens with one attached hydrogen (secondary N) is 1. The number of benzene rings is 1.